The minimum absolute atomic E-state index is 0.0102. The standard InChI is InChI=1S/C22H25N5O3/c1-16-23-20-4-2-3-5-21(20)26(16)14-17-10-12-25(13-11-17)15-22(28)24-18-6-8-19(9-7-18)27(29)30/h2-9,17H,10-15H2,1H3,(H,24,28). The second-order valence-corrected chi connectivity index (χ2v) is 7.83. The van der Waals surface area contributed by atoms with Gasteiger partial charge in [-0.3, -0.25) is 19.8 Å². The minimum Gasteiger partial charge on any atom is -0.328 e. The number of likely N-dealkylation sites (tertiary alicyclic amines) is 1. The Balaban J connectivity index is 1.27. The number of anilines is 1. The molecule has 1 amide bonds. The molecule has 1 aliphatic rings. The number of fused-ring (bicyclic) bond motifs is 1. The maximum absolute atomic E-state index is 12.3. The van der Waals surface area contributed by atoms with Crippen LogP contribution >= 0.6 is 0 Å². The van der Waals surface area contributed by atoms with Gasteiger partial charge in [0.2, 0.25) is 5.91 Å². The Morgan fingerprint density at radius 3 is 2.57 bits per heavy atom. The number of non-ortho nitro benzene ring substituents is 1. The van der Waals surface area contributed by atoms with Gasteiger partial charge in [-0.1, -0.05) is 12.1 Å². The number of nitrogens with one attached hydrogen (secondary N) is 1. The van der Waals surface area contributed by atoms with Crippen molar-refractivity contribution in [3.05, 3.63) is 64.5 Å². The van der Waals surface area contributed by atoms with E-state index in [1.165, 1.54) is 17.6 Å². The molecular weight excluding hydrogens is 382 g/mol. The summed E-state index contributed by atoms with van der Waals surface area (Å²) in [5.74, 6) is 1.51. The number of nitro benzene ring substituents is 1. The maximum atomic E-state index is 12.3. The van der Waals surface area contributed by atoms with Crippen molar-refractivity contribution < 1.29 is 9.72 Å². The van der Waals surface area contributed by atoms with Gasteiger partial charge in [-0.05, 0) is 63.0 Å². The second-order valence-electron chi connectivity index (χ2n) is 7.83. The van der Waals surface area contributed by atoms with Gasteiger partial charge in [-0.2, -0.15) is 0 Å². The molecule has 0 saturated carbocycles. The number of hydrogen-bond donors (Lipinski definition) is 1. The molecule has 0 unspecified atom stereocenters. The summed E-state index contributed by atoms with van der Waals surface area (Å²) < 4.78 is 2.30. The molecule has 156 valence electrons. The number of benzene rings is 2. The third-order valence-electron chi connectivity index (χ3n) is 5.72. The highest BCUT2D eigenvalue weighted by atomic mass is 16.6. The van der Waals surface area contributed by atoms with Crippen LogP contribution in [0.3, 0.4) is 0 Å². The van der Waals surface area contributed by atoms with Gasteiger partial charge in [0.15, 0.2) is 0 Å². The lowest BCUT2D eigenvalue weighted by Gasteiger charge is -2.31. The number of carbonyl (C=O) groups is 1. The van der Waals surface area contributed by atoms with E-state index in [-0.39, 0.29) is 11.6 Å². The molecule has 4 rings (SSSR count). The van der Waals surface area contributed by atoms with Crippen LogP contribution in [-0.2, 0) is 11.3 Å². The van der Waals surface area contributed by atoms with Gasteiger partial charge in [0.05, 0.1) is 22.5 Å². The number of para-hydroxylation sites is 2. The van der Waals surface area contributed by atoms with Gasteiger partial charge in [-0.15, -0.1) is 0 Å². The zero-order chi connectivity index (χ0) is 21.1. The first-order valence-electron chi connectivity index (χ1n) is 10.2. The number of aromatic nitrogens is 2. The highest BCUT2D eigenvalue weighted by Crippen LogP contribution is 2.23. The summed E-state index contributed by atoms with van der Waals surface area (Å²) in [5, 5.41) is 13.5. The Labute approximate surface area is 174 Å². The Morgan fingerprint density at radius 2 is 1.87 bits per heavy atom. The number of piperidine rings is 1. The monoisotopic (exact) mass is 407 g/mol. The quantitative estimate of drug-likeness (QED) is 0.498. The van der Waals surface area contributed by atoms with Crippen LogP contribution in [0.25, 0.3) is 11.0 Å². The summed E-state index contributed by atoms with van der Waals surface area (Å²) in [6.07, 6.45) is 2.08. The first-order chi connectivity index (χ1) is 14.5. The number of imidazole rings is 1. The number of rotatable bonds is 6. The Bertz CT molecular complexity index is 1050. The van der Waals surface area contributed by atoms with Gasteiger partial charge in [0.1, 0.15) is 5.82 Å². The highest BCUT2D eigenvalue weighted by Gasteiger charge is 2.22. The van der Waals surface area contributed by atoms with E-state index >= 15 is 0 Å². The van der Waals surface area contributed by atoms with Crippen LogP contribution in [0.4, 0.5) is 11.4 Å². The average Bonchev–Trinajstić information content (AvgIpc) is 3.05. The zero-order valence-corrected chi connectivity index (χ0v) is 17.0. The zero-order valence-electron chi connectivity index (χ0n) is 17.0. The molecule has 8 nitrogen and oxygen atoms in total. The van der Waals surface area contributed by atoms with E-state index in [1.54, 1.807) is 12.1 Å². The van der Waals surface area contributed by atoms with E-state index in [0.717, 1.165) is 43.8 Å². The molecule has 8 heteroatoms. The van der Waals surface area contributed by atoms with Crippen LogP contribution in [0.2, 0.25) is 0 Å². The largest absolute Gasteiger partial charge is 0.328 e. The molecule has 2 heterocycles. The third kappa shape index (κ3) is 4.49. The number of hydrogen-bond acceptors (Lipinski definition) is 5. The maximum Gasteiger partial charge on any atom is 0.269 e. The molecule has 30 heavy (non-hydrogen) atoms. The number of amides is 1. The van der Waals surface area contributed by atoms with Crippen molar-refractivity contribution in [3.8, 4) is 0 Å². The summed E-state index contributed by atoms with van der Waals surface area (Å²) in [5.41, 5.74) is 2.80. The fraction of sp³-hybridized carbons (Fsp3) is 0.364. The Hall–Kier alpha value is -3.26. The molecule has 1 N–H and O–H groups in total. The summed E-state index contributed by atoms with van der Waals surface area (Å²) >= 11 is 0. The topological polar surface area (TPSA) is 93.3 Å². The lowest BCUT2D eigenvalue weighted by atomic mass is 9.96. The van der Waals surface area contributed by atoms with Crippen LogP contribution in [0, 0.1) is 23.0 Å². The first kappa shape index (κ1) is 20.0. The van der Waals surface area contributed by atoms with E-state index in [9.17, 15) is 14.9 Å². The van der Waals surface area contributed by atoms with Gasteiger partial charge in [0.25, 0.3) is 5.69 Å². The Kier molecular flexibility index (Phi) is 5.76. The minimum atomic E-state index is -0.455. The van der Waals surface area contributed by atoms with Gasteiger partial charge >= 0.3 is 0 Å². The lowest BCUT2D eigenvalue weighted by molar-refractivity contribution is -0.384. The molecule has 2 aromatic carbocycles. The fourth-order valence-electron chi connectivity index (χ4n) is 4.08. The number of nitro groups is 1. The Morgan fingerprint density at radius 1 is 1.17 bits per heavy atom. The van der Waals surface area contributed by atoms with Crippen molar-refractivity contribution in [3.63, 3.8) is 0 Å². The second kappa shape index (κ2) is 8.62. The first-order valence-corrected chi connectivity index (χ1v) is 10.2. The van der Waals surface area contributed by atoms with Crippen molar-refractivity contribution in [2.75, 3.05) is 25.0 Å². The molecule has 1 aliphatic heterocycles. The van der Waals surface area contributed by atoms with Crippen LogP contribution < -0.4 is 5.32 Å². The SMILES string of the molecule is Cc1nc2ccccc2n1CC1CCN(CC(=O)Nc2ccc([N+](=O)[O-])cc2)CC1. The number of carbonyl (C=O) groups excluding carboxylic acids is 1. The van der Waals surface area contributed by atoms with Crippen molar-refractivity contribution in [1.29, 1.82) is 0 Å². The van der Waals surface area contributed by atoms with E-state index in [0.29, 0.717) is 18.2 Å². The van der Waals surface area contributed by atoms with Gasteiger partial charge < -0.3 is 9.88 Å². The smallest absolute Gasteiger partial charge is 0.269 e. The predicted octanol–water partition coefficient (Wildman–Crippen LogP) is 3.60. The van der Waals surface area contributed by atoms with Gasteiger partial charge in [-0.25, -0.2) is 4.98 Å². The number of nitrogens with zero attached hydrogens (tertiary/aromatic N) is 4. The van der Waals surface area contributed by atoms with Crippen molar-refractivity contribution in [1.82, 2.24) is 14.5 Å². The molecule has 0 spiro atoms. The molecule has 0 radical (unpaired) electrons. The van der Waals surface area contributed by atoms with Gasteiger partial charge in [0, 0.05) is 24.4 Å². The summed E-state index contributed by atoms with van der Waals surface area (Å²) in [6, 6.07) is 14.1. The van der Waals surface area contributed by atoms with Crippen LogP contribution in [-0.4, -0.2) is 44.9 Å². The van der Waals surface area contributed by atoms with Crippen molar-refractivity contribution in [2.45, 2.75) is 26.3 Å². The molecule has 3 aromatic rings. The summed E-state index contributed by atoms with van der Waals surface area (Å²) in [6.45, 7) is 5.09. The lowest BCUT2D eigenvalue weighted by Crippen LogP contribution is -2.40. The average molecular weight is 407 g/mol. The fourth-order valence-corrected chi connectivity index (χ4v) is 4.08. The van der Waals surface area contributed by atoms with E-state index < -0.39 is 4.92 Å². The van der Waals surface area contributed by atoms with Crippen LogP contribution in [0.15, 0.2) is 48.5 Å². The van der Waals surface area contributed by atoms with Crippen LogP contribution in [0.5, 0.6) is 0 Å². The molecule has 0 aliphatic carbocycles. The number of aryl methyl sites for hydroxylation is 1. The normalized spacial score (nSPS) is 15.4. The summed E-state index contributed by atoms with van der Waals surface area (Å²) in [4.78, 5) is 29.4. The van der Waals surface area contributed by atoms with Crippen molar-refractivity contribution >= 4 is 28.3 Å². The molecular formula is C22H25N5O3. The van der Waals surface area contributed by atoms with E-state index in [2.05, 4.69) is 32.8 Å². The highest BCUT2D eigenvalue weighted by molar-refractivity contribution is 5.92. The molecule has 1 aromatic heterocycles. The predicted molar refractivity (Wildman–Crippen MR) is 115 cm³/mol. The third-order valence-corrected chi connectivity index (χ3v) is 5.72. The van der Waals surface area contributed by atoms with Crippen molar-refractivity contribution in [2.24, 2.45) is 5.92 Å². The van der Waals surface area contributed by atoms with E-state index in [4.69, 9.17) is 0 Å². The molecule has 1 fully saturated rings. The van der Waals surface area contributed by atoms with Crippen LogP contribution in [0.1, 0.15) is 18.7 Å². The molecule has 0 atom stereocenters. The molecule has 0 bridgehead atoms. The molecule has 1 saturated heterocycles. The summed E-state index contributed by atoms with van der Waals surface area (Å²) in [7, 11) is 0. The van der Waals surface area contributed by atoms with E-state index in [1.807, 2.05) is 18.2 Å².